The number of nitrogens with one attached hydrogen (secondary N) is 2. The van der Waals surface area contributed by atoms with E-state index in [1.54, 1.807) is 21.6 Å². The molecule has 4 nitrogen and oxygen atoms in total. The molecule has 0 unspecified atom stereocenters. The van der Waals surface area contributed by atoms with Gasteiger partial charge in [-0.25, -0.2) is 0 Å². The van der Waals surface area contributed by atoms with E-state index in [2.05, 4.69) is 33.0 Å². The van der Waals surface area contributed by atoms with Crippen molar-refractivity contribution in [2.75, 3.05) is 29.9 Å². The molecule has 0 saturated heterocycles. The number of aliphatic imine (C=N–C) groups is 1. The van der Waals surface area contributed by atoms with Crippen molar-refractivity contribution in [2.45, 2.75) is 0 Å². The van der Waals surface area contributed by atoms with Gasteiger partial charge in [-0.2, -0.15) is 4.99 Å². The Labute approximate surface area is 137 Å². The molecule has 0 saturated carbocycles. The van der Waals surface area contributed by atoms with Gasteiger partial charge in [0.2, 0.25) is 0 Å². The summed E-state index contributed by atoms with van der Waals surface area (Å²) in [6.45, 7) is 1.54. The van der Waals surface area contributed by atoms with Gasteiger partial charge in [-0.05, 0) is 48.7 Å². The second-order valence-corrected chi connectivity index (χ2v) is 6.86. The van der Waals surface area contributed by atoms with Gasteiger partial charge in [0.1, 0.15) is 0 Å². The van der Waals surface area contributed by atoms with E-state index in [-0.39, 0.29) is 0 Å². The van der Waals surface area contributed by atoms with Gasteiger partial charge in [0.25, 0.3) is 0 Å². The number of nitrogens with two attached hydrogens (primary N) is 1. The van der Waals surface area contributed by atoms with Crippen LogP contribution in [0.2, 0.25) is 0 Å². The number of hydrogen-bond acceptors (Lipinski definition) is 6. The molecule has 0 aliphatic rings. The van der Waals surface area contributed by atoms with E-state index < -0.39 is 0 Å². The van der Waals surface area contributed by atoms with Crippen molar-refractivity contribution in [3.8, 4) is 0 Å². The molecule has 108 valence electrons. The number of benzene rings is 1. The summed E-state index contributed by atoms with van der Waals surface area (Å²) >= 11 is 9.76. The van der Waals surface area contributed by atoms with Crippen molar-refractivity contribution in [3.63, 3.8) is 0 Å². The van der Waals surface area contributed by atoms with Crippen molar-refractivity contribution in [2.24, 2.45) is 10.7 Å². The van der Waals surface area contributed by atoms with E-state index in [1.165, 1.54) is 0 Å². The van der Waals surface area contributed by atoms with Gasteiger partial charge < -0.3 is 16.4 Å². The summed E-state index contributed by atoms with van der Waals surface area (Å²) < 4.78 is 0. The van der Waals surface area contributed by atoms with Crippen molar-refractivity contribution >= 4 is 67.7 Å². The molecule has 0 aliphatic carbocycles. The molecule has 0 atom stereocenters. The Bertz CT molecular complexity index is 457. The minimum Gasteiger partial charge on any atom is -0.362 e. The molecule has 4 N–H and O–H groups in total. The van der Waals surface area contributed by atoms with Crippen LogP contribution < -0.4 is 16.4 Å². The van der Waals surface area contributed by atoms with Crippen LogP contribution >= 0.6 is 46.0 Å². The molecule has 1 aromatic carbocycles. The number of thiocarbonyl (C=S) groups is 2. The first kappa shape index (κ1) is 17.4. The lowest BCUT2D eigenvalue weighted by molar-refractivity contribution is 0.993. The third-order valence-electron chi connectivity index (χ3n) is 2.06. The van der Waals surface area contributed by atoms with Gasteiger partial charge >= 0.3 is 0 Å². The lowest BCUT2D eigenvalue weighted by atomic mass is 10.3. The zero-order valence-corrected chi connectivity index (χ0v) is 14.1. The molecule has 8 heteroatoms. The number of nitrogens with zero attached hydrogens (tertiary/aromatic N) is 1. The minimum absolute atomic E-state index is 0.612. The van der Waals surface area contributed by atoms with Crippen molar-refractivity contribution in [1.29, 1.82) is 0 Å². The monoisotopic (exact) mass is 344 g/mol. The van der Waals surface area contributed by atoms with Gasteiger partial charge in [0.05, 0.1) is 10.8 Å². The predicted octanol–water partition coefficient (Wildman–Crippen LogP) is 3.05. The Morgan fingerprint density at radius 2 is 1.95 bits per heavy atom. The highest BCUT2D eigenvalue weighted by Gasteiger charge is 1.97. The topological polar surface area (TPSA) is 62.4 Å². The van der Waals surface area contributed by atoms with E-state index in [9.17, 15) is 0 Å². The molecule has 1 rings (SSSR count). The molecule has 0 aromatic heterocycles. The second-order valence-electron chi connectivity index (χ2n) is 3.56. The summed E-state index contributed by atoms with van der Waals surface area (Å²) in [5.74, 6) is 1.96. The van der Waals surface area contributed by atoms with Crippen LogP contribution in [0.3, 0.4) is 0 Å². The largest absolute Gasteiger partial charge is 0.362 e. The Kier molecular flexibility index (Phi) is 9.65. The highest BCUT2D eigenvalue weighted by Crippen LogP contribution is 2.19. The molecule has 0 spiro atoms. The summed E-state index contributed by atoms with van der Waals surface area (Å²) in [5, 5.41) is 9.20. The quantitative estimate of drug-likeness (QED) is 0.290. The summed E-state index contributed by atoms with van der Waals surface area (Å²) in [5.41, 5.74) is 7.10. The fourth-order valence-corrected chi connectivity index (χ4v) is 3.31. The zero-order valence-electron chi connectivity index (χ0n) is 10.8. The van der Waals surface area contributed by atoms with Crippen LogP contribution in [0, 0.1) is 0 Å². The first-order valence-corrected chi connectivity index (χ1v) is 9.24. The fourth-order valence-electron chi connectivity index (χ4n) is 1.22. The highest BCUT2D eigenvalue weighted by molar-refractivity contribution is 8.76. The van der Waals surface area contributed by atoms with Crippen LogP contribution in [0.4, 0.5) is 11.4 Å². The normalized spacial score (nSPS) is 9.65. The van der Waals surface area contributed by atoms with Crippen molar-refractivity contribution in [3.05, 3.63) is 24.3 Å². The van der Waals surface area contributed by atoms with E-state index in [4.69, 9.17) is 18.0 Å². The third kappa shape index (κ3) is 7.84. The van der Waals surface area contributed by atoms with Crippen LogP contribution in [0.5, 0.6) is 0 Å². The van der Waals surface area contributed by atoms with Crippen LogP contribution in [0.15, 0.2) is 29.3 Å². The second kappa shape index (κ2) is 11.1. The molecule has 1 aromatic rings. The number of rotatable bonds is 8. The highest BCUT2D eigenvalue weighted by atomic mass is 33.1. The van der Waals surface area contributed by atoms with Gasteiger partial charge in [-0.3, -0.25) is 0 Å². The standard InChI is InChI=1S/C12H16N4S4/c13-5-7-19-20-8-6-14-12(18)16-11-3-1-10(2-4-11)15-9-17/h1-4H,5-8,13H2,(H2,14,16,18). The van der Waals surface area contributed by atoms with Crippen LogP contribution in [0.1, 0.15) is 0 Å². The first-order valence-electron chi connectivity index (χ1n) is 5.93. The van der Waals surface area contributed by atoms with Gasteiger partial charge in [-0.15, -0.1) is 0 Å². The Morgan fingerprint density at radius 1 is 1.25 bits per heavy atom. The van der Waals surface area contributed by atoms with E-state index in [1.807, 2.05) is 24.3 Å². The molecule has 20 heavy (non-hydrogen) atoms. The number of isothiocyanates is 1. The lowest BCUT2D eigenvalue weighted by Crippen LogP contribution is -2.30. The molecule has 0 aliphatic heterocycles. The average molecular weight is 345 g/mol. The van der Waals surface area contributed by atoms with Crippen molar-refractivity contribution < 1.29 is 0 Å². The Morgan fingerprint density at radius 3 is 2.60 bits per heavy atom. The number of anilines is 1. The smallest absolute Gasteiger partial charge is 0.170 e. The van der Waals surface area contributed by atoms with Crippen LogP contribution in [-0.4, -0.2) is 34.9 Å². The summed E-state index contributed by atoms with van der Waals surface area (Å²) in [6.07, 6.45) is 0. The molecule has 0 heterocycles. The number of hydrogen-bond donors (Lipinski definition) is 3. The van der Waals surface area contributed by atoms with Crippen molar-refractivity contribution in [1.82, 2.24) is 5.32 Å². The lowest BCUT2D eigenvalue weighted by Gasteiger charge is -2.10. The van der Waals surface area contributed by atoms with Crippen LogP contribution in [0.25, 0.3) is 0 Å². The van der Waals surface area contributed by atoms with E-state index in [0.717, 1.165) is 29.4 Å². The molecular weight excluding hydrogens is 328 g/mol. The Balaban J connectivity index is 2.23. The maximum absolute atomic E-state index is 5.41. The molecular formula is C12H16N4S4. The average Bonchev–Trinajstić information content (AvgIpc) is 2.45. The minimum atomic E-state index is 0.612. The first-order chi connectivity index (χ1) is 9.76. The Hall–Kier alpha value is -0.630. The van der Waals surface area contributed by atoms with E-state index in [0.29, 0.717) is 11.7 Å². The summed E-state index contributed by atoms with van der Waals surface area (Å²) in [4.78, 5) is 3.89. The summed E-state index contributed by atoms with van der Waals surface area (Å²) in [6, 6.07) is 7.49. The SMILES string of the molecule is NCCSSCCNC(=S)Nc1ccc(N=C=S)cc1. The zero-order chi connectivity index (χ0) is 14.6. The predicted molar refractivity (Wildman–Crippen MR) is 99.3 cm³/mol. The van der Waals surface area contributed by atoms with Gasteiger partial charge in [-0.1, -0.05) is 21.6 Å². The summed E-state index contributed by atoms with van der Waals surface area (Å²) in [7, 11) is 3.57. The third-order valence-corrected chi connectivity index (χ3v) is 4.83. The molecule has 0 amide bonds. The maximum atomic E-state index is 5.41. The molecule has 0 bridgehead atoms. The van der Waals surface area contributed by atoms with E-state index >= 15 is 0 Å². The van der Waals surface area contributed by atoms with Gasteiger partial charge in [0.15, 0.2) is 5.11 Å². The molecule has 0 radical (unpaired) electrons. The van der Waals surface area contributed by atoms with Crippen LogP contribution in [-0.2, 0) is 0 Å². The fraction of sp³-hybridized carbons (Fsp3) is 0.333. The van der Waals surface area contributed by atoms with Gasteiger partial charge in [0, 0.05) is 30.3 Å². The molecule has 0 fully saturated rings. The maximum Gasteiger partial charge on any atom is 0.170 e.